The molecule has 1 aromatic carbocycles. The highest BCUT2D eigenvalue weighted by Crippen LogP contribution is 2.24. The molecule has 18 heavy (non-hydrogen) atoms. The van der Waals surface area contributed by atoms with E-state index in [1.54, 1.807) is 0 Å². The summed E-state index contributed by atoms with van der Waals surface area (Å²) in [5, 5.41) is 1.29. The Bertz CT molecular complexity index is 578. The first-order valence-electron chi connectivity index (χ1n) is 6.36. The van der Waals surface area contributed by atoms with Gasteiger partial charge in [-0.2, -0.15) is 0 Å². The number of fused-ring (bicyclic) bond motifs is 1. The summed E-state index contributed by atoms with van der Waals surface area (Å²) in [4.78, 5) is 0. The van der Waals surface area contributed by atoms with Crippen molar-refractivity contribution in [1.29, 1.82) is 0 Å². The molecule has 1 aromatic heterocycles. The molecule has 0 radical (unpaired) electrons. The number of benzene rings is 1. The highest BCUT2D eigenvalue weighted by Gasteiger charge is 2.09. The number of rotatable bonds is 4. The topological polar surface area (TPSA) is 14.2 Å². The van der Waals surface area contributed by atoms with Crippen LogP contribution < -0.4 is 0 Å². The minimum atomic E-state index is 0.190. The van der Waals surface area contributed by atoms with Crippen LogP contribution in [0.4, 0.5) is 0 Å². The van der Waals surface area contributed by atoms with Crippen LogP contribution in [0.3, 0.4) is 0 Å². The average molecular weight is 243 g/mol. The standard InChI is InChI=1S/C16H21NO/c1-11(2)18-13(4)9-14-10-17(5)16-8-12(3)6-7-15(14)16/h6-8,10-11H,4,9H2,1-3,5H3. The molecule has 0 saturated heterocycles. The summed E-state index contributed by atoms with van der Waals surface area (Å²) in [7, 11) is 2.08. The Labute approximate surface area is 109 Å². The fraction of sp³-hybridized carbons (Fsp3) is 0.375. The SMILES string of the molecule is C=C(Cc1cn(C)c2cc(C)ccc12)OC(C)C. The first-order chi connectivity index (χ1) is 8.47. The van der Waals surface area contributed by atoms with Crippen LogP contribution in [0.1, 0.15) is 25.0 Å². The Morgan fingerprint density at radius 3 is 2.78 bits per heavy atom. The van der Waals surface area contributed by atoms with Crippen LogP contribution >= 0.6 is 0 Å². The Morgan fingerprint density at radius 1 is 1.39 bits per heavy atom. The zero-order chi connectivity index (χ0) is 13.3. The van der Waals surface area contributed by atoms with Crippen molar-refractivity contribution in [3.63, 3.8) is 0 Å². The van der Waals surface area contributed by atoms with E-state index in [0.717, 1.165) is 12.2 Å². The zero-order valence-electron chi connectivity index (χ0n) is 11.7. The van der Waals surface area contributed by atoms with E-state index in [2.05, 4.69) is 49.5 Å². The summed E-state index contributed by atoms with van der Waals surface area (Å²) < 4.78 is 7.80. The van der Waals surface area contributed by atoms with Crippen molar-refractivity contribution < 1.29 is 4.74 Å². The fourth-order valence-electron chi connectivity index (χ4n) is 2.31. The van der Waals surface area contributed by atoms with Crippen molar-refractivity contribution in [2.45, 2.75) is 33.3 Å². The van der Waals surface area contributed by atoms with Gasteiger partial charge in [-0.1, -0.05) is 18.7 Å². The molecule has 2 aromatic rings. The van der Waals surface area contributed by atoms with E-state index in [-0.39, 0.29) is 6.10 Å². The minimum Gasteiger partial charge on any atom is -0.496 e. The number of ether oxygens (including phenoxy) is 1. The maximum atomic E-state index is 5.63. The van der Waals surface area contributed by atoms with Gasteiger partial charge in [0.15, 0.2) is 0 Å². The van der Waals surface area contributed by atoms with E-state index in [0.29, 0.717) is 0 Å². The van der Waals surface area contributed by atoms with Gasteiger partial charge in [0.05, 0.1) is 11.9 Å². The Balaban J connectivity index is 2.32. The maximum absolute atomic E-state index is 5.63. The smallest absolute Gasteiger partial charge is 0.0936 e. The predicted molar refractivity (Wildman–Crippen MR) is 76.7 cm³/mol. The van der Waals surface area contributed by atoms with Gasteiger partial charge in [-0.05, 0) is 38.0 Å². The van der Waals surface area contributed by atoms with Gasteiger partial charge in [0.2, 0.25) is 0 Å². The number of aryl methyl sites for hydroxylation is 2. The van der Waals surface area contributed by atoms with Crippen LogP contribution in [-0.2, 0) is 18.2 Å². The van der Waals surface area contributed by atoms with E-state index in [9.17, 15) is 0 Å². The highest BCUT2D eigenvalue weighted by atomic mass is 16.5. The molecule has 1 heterocycles. The molecular formula is C16H21NO. The van der Waals surface area contributed by atoms with Crippen LogP contribution in [0, 0.1) is 6.92 Å². The highest BCUT2D eigenvalue weighted by molar-refractivity contribution is 5.84. The van der Waals surface area contributed by atoms with Crippen molar-refractivity contribution in [2.24, 2.45) is 7.05 Å². The first kappa shape index (κ1) is 12.7. The summed E-state index contributed by atoms with van der Waals surface area (Å²) in [6.45, 7) is 10.2. The molecule has 0 atom stereocenters. The summed E-state index contributed by atoms with van der Waals surface area (Å²) in [5.41, 5.74) is 3.83. The van der Waals surface area contributed by atoms with Crippen LogP contribution in [0.2, 0.25) is 0 Å². The number of hydrogen-bond donors (Lipinski definition) is 0. The van der Waals surface area contributed by atoms with Gasteiger partial charge < -0.3 is 9.30 Å². The van der Waals surface area contributed by atoms with E-state index >= 15 is 0 Å². The average Bonchev–Trinajstić information content (AvgIpc) is 2.54. The third-order valence-electron chi connectivity index (χ3n) is 3.02. The molecule has 2 rings (SSSR count). The molecule has 2 heteroatoms. The van der Waals surface area contributed by atoms with Crippen molar-refractivity contribution in [1.82, 2.24) is 4.57 Å². The first-order valence-corrected chi connectivity index (χ1v) is 6.36. The van der Waals surface area contributed by atoms with Crippen molar-refractivity contribution in [3.8, 4) is 0 Å². The second-order valence-corrected chi connectivity index (χ2v) is 5.17. The third-order valence-corrected chi connectivity index (χ3v) is 3.02. The third kappa shape index (κ3) is 2.58. The van der Waals surface area contributed by atoms with Gasteiger partial charge in [0.25, 0.3) is 0 Å². The number of hydrogen-bond acceptors (Lipinski definition) is 1. The molecule has 0 aliphatic carbocycles. The minimum absolute atomic E-state index is 0.190. The molecule has 2 nitrogen and oxygen atoms in total. The molecule has 0 aliphatic heterocycles. The molecule has 96 valence electrons. The number of nitrogens with zero attached hydrogens (tertiary/aromatic N) is 1. The monoisotopic (exact) mass is 243 g/mol. The van der Waals surface area contributed by atoms with Crippen LogP contribution in [0.15, 0.2) is 36.7 Å². The molecule has 0 N–H and O–H groups in total. The second kappa shape index (κ2) is 4.89. The molecule has 0 amide bonds. The summed E-state index contributed by atoms with van der Waals surface area (Å²) >= 11 is 0. The summed E-state index contributed by atoms with van der Waals surface area (Å²) in [6, 6.07) is 6.55. The van der Waals surface area contributed by atoms with E-state index in [1.807, 2.05) is 13.8 Å². The van der Waals surface area contributed by atoms with Crippen molar-refractivity contribution in [2.75, 3.05) is 0 Å². The lowest BCUT2D eigenvalue weighted by Gasteiger charge is -2.11. The zero-order valence-corrected chi connectivity index (χ0v) is 11.7. The van der Waals surface area contributed by atoms with Crippen LogP contribution in [-0.4, -0.2) is 10.7 Å². The molecule has 0 saturated carbocycles. The molecule has 0 bridgehead atoms. The Kier molecular flexibility index (Phi) is 3.46. The Morgan fingerprint density at radius 2 is 2.11 bits per heavy atom. The molecule has 0 unspecified atom stereocenters. The molecule has 0 aliphatic rings. The molecule has 0 fully saturated rings. The van der Waals surface area contributed by atoms with Gasteiger partial charge in [-0.3, -0.25) is 0 Å². The van der Waals surface area contributed by atoms with Crippen LogP contribution in [0.5, 0.6) is 0 Å². The van der Waals surface area contributed by atoms with Gasteiger partial charge in [-0.25, -0.2) is 0 Å². The Hall–Kier alpha value is -1.70. The van der Waals surface area contributed by atoms with E-state index in [4.69, 9.17) is 4.74 Å². The molecule has 0 spiro atoms. The van der Waals surface area contributed by atoms with Gasteiger partial charge in [-0.15, -0.1) is 0 Å². The largest absolute Gasteiger partial charge is 0.496 e. The lowest BCUT2D eigenvalue weighted by Crippen LogP contribution is -2.03. The summed E-state index contributed by atoms with van der Waals surface area (Å²) in [6.07, 6.45) is 3.13. The van der Waals surface area contributed by atoms with E-state index in [1.165, 1.54) is 22.0 Å². The van der Waals surface area contributed by atoms with Crippen molar-refractivity contribution in [3.05, 3.63) is 47.9 Å². The fourth-order valence-corrected chi connectivity index (χ4v) is 2.31. The lowest BCUT2D eigenvalue weighted by atomic mass is 10.1. The lowest BCUT2D eigenvalue weighted by molar-refractivity contribution is 0.144. The van der Waals surface area contributed by atoms with E-state index < -0.39 is 0 Å². The number of allylic oxidation sites excluding steroid dienone is 1. The second-order valence-electron chi connectivity index (χ2n) is 5.17. The predicted octanol–water partition coefficient (Wildman–Crippen LogP) is 3.97. The van der Waals surface area contributed by atoms with Gasteiger partial charge in [0, 0.05) is 30.6 Å². The summed E-state index contributed by atoms with van der Waals surface area (Å²) in [5.74, 6) is 0.832. The normalized spacial score (nSPS) is 11.2. The molecular weight excluding hydrogens is 222 g/mol. The number of aromatic nitrogens is 1. The quantitative estimate of drug-likeness (QED) is 0.741. The maximum Gasteiger partial charge on any atom is 0.0936 e. The van der Waals surface area contributed by atoms with Crippen molar-refractivity contribution >= 4 is 10.9 Å². The van der Waals surface area contributed by atoms with Crippen LogP contribution in [0.25, 0.3) is 10.9 Å². The van der Waals surface area contributed by atoms with Gasteiger partial charge >= 0.3 is 0 Å². The van der Waals surface area contributed by atoms with Gasteiger partial charge in [0.1, 0.15) is 0 Å².